The Morgan fingerprint density at radius 3 is 2.64 bits per heavy atom. The Morgan fingerprint density at radius 2 is 1.97 bits per heavy atom. The first-order chi connectivity index (χ1) is 15.8. The molecule has 8 heteroatoms. The third kappa shape index (κ3) is 4.24. The van der Waals surface area contributed by atoms with Gasteiger partial charge in [-0.3, -0.25) is 14.0 Å². The van der Waals surface area contributed by atoms with Gasteiger partial charge in [0.1, 0.15) is 16.7 Å². The molecule has 3 N–H and O–H groups in total. The molecule has 170 valence electrons. The van der Waals surface area contributed by atoms with Crippen molar-refractivity contribution in [2.75, 3.05) is 12.8 Å². The van der Waals surface area contributed by atoms with E-state index in [1.54, 1.807) is 30.0 Å². The van der Waals surface area contributed by atoms with Crippen LogP contribution in [0.5, 0.6) is 5.75 Å². The van der Waals surface area contributed by atoms with E-state index in [-0.39, 0.29) is 28.9 Å². The molecule has 33 heavy (non-hydrogen) atoms. The predicted octanol–water partition coefficient (Wildman–Crippen LogP) is 2.42. The third-order valence-corrected chi connectivity index (χ3v) is 5.62. The minimum absolute atomic E-state index is 0.0705. The van der Waals surface area contributed by atoms with Crippen LogP contribution in [0.2, 0.25) is 0 Å². The number of ether oxygens (including phenoxy) is 1. The van der Waals surface area contributed by atoms with Gasteiger partial charge in [-0.1, -0.05) is 23.2 Å². The summed E-state index contributed by atoms with van der Waals surface area (Å²) in [4.78, 5) is 31.1. The number of fused-ring (bicyclic) bond motifs is 2. The number of amides is 1. The summed E-state index contributed by atoms with van der Waals surface area (Å²) in [5.74, 6) is 0.732. The van der Waals surface area contributed by atoms with Gasteiger partial charge in [0.15, 0.2) is 0 Å². The lowest BCUT2D eigenvalue weighted by Crippen LogP contribution is -2.44. The number of carbonyl (C=O) groups excluding carboxylic acids is 1. The van der Waals surface area contributed by atoms with E-state index in [0.717, 1.165) is 16.9 Å². The van der Waals surface area contributed by atoms with Crippen molar-refractivity contribution in [2.45, 2.75) is 39.8 Å². The zero-order valence-electron chi connectivity index (χ0n) is 19.3. The molecule has 0 unspecified atom stereocenters. The van der Waals surface area contributed by atoms with Gasteiger partial charge in [-0.25, -0.2) is 4.57 Å². The topological polar surface area (TPSA) is 103 Å². The molecule has 0 aliphatic rings. The van der Waals surface area contributed by atoms with Crippen LogP contribution in [0, 0.1) is 6.92 Å². The molecule has 0 spiro atoms. The van der Waals surface area contributed by atoms with E-state index in [2.05, 4.69) is 5.32 Å². The van der Waals surface area contributed by atoms with Gasteiger partial charge < -0.3 is 15.8 Å². The van der Waals surface area contributed by atoms with Crippen molar-refractivity contribution in [1.82, 2.24) is 14.7 Å². The zero-order valence-corrected chi connectivity index (χ0v) is 19.3. The Balaban J connectivity index is 1.91. The number of methoxy groups -OCH3 is 1. The minimum Gasteiger partial charge on any atom is -0.497 e. The van der Waals surface area contributed by atoms with Gasteiger partial charge in [-0.05, 0) is 50.6 Å². The largest absolute Gasteiger partial charge is 0.497 e. The second-order valence-electron chi connectivity index (χ2n) is 8.36. The van der Waals surface area contributed by atoms with Gasteiger partial charge in [-0.2, -0.15) is 0 Å². The number of benzene rings is 1. The SMILES string of the molecule is COc1ccc(CC[n+]2c(N)c(C(=O)NC(C)C)cc3c(=O)n4cccc(C)c4nc32)cc1. The van der Waals surface area contributed by atoms with Crippen LogP contribution in [0.4, 0.5) is 5.82 Å². The lowest BCUT2D eigenvalue weighted by atomic mass is 10.1. The number of nitrogen functional groups attached to an aromatic ring is 1. The number of nitrogens with one attached hydrogen (secondary N) is 1. The summed E-state index contributed by atoms with van der Waals surface area (Å²) in [7, 11) is 1.63. The lowest BCUT2D eigenvalue weighted by molar-refractivity contribution is -0.658. The van der Waals surface area contributed by atoms with Gasteiger partial charge >= 0.3 is 0 Å². The fourth-order valence-electron chi connectivity index (χ4n) is 3.89. The first kappa shape index (κ1) is 22.3. The predicted molar refractivity (Wildman–Crippen MR) is 128 cm³/mol. The van der Waals surface area contributed by atoms with E-state index in [9.17, 15) is 9.59 Å². The van der Waals surface area contributed by atoms with E-state index < -0.39 is 0 Å². The van der Waals surface area contributed by atoms with Crippen LogP contribution in [0.1, 0.15) is 35.3 Å². The molecule has 0 fully saturated rings. The molecule has 0 radical (unpaired) electrons. The maximum atomic E-state index is 13.4. The first-order valence-electron chi connectivity index (χ1n) is 10.9. The fourth-order valence-corrected chi connectivity index (χ4v) is 3.89. The zero-order chi connectivity index (χ0) is 23.7. The van der Waals surface area contributed by atoms with Crippen molar-refractivity contribution < 1.29 is 14.1 Å². The summed E-state index contributed by atoms with van der Waals surface area (Å²) >= 11 is 0. The smallest absolute Gasteiger partial charge is 0.278 e. The van der Waals surface area contributed by atoms with Gasteiger partial charge in [0, 0.05) is 24.2 Å². The number of aromatic nitrogens is 3. The van der Waals surface area contributed by atoms with Crippen LogP contribution < -0.4 is 25.9 Å². The van der Waals surface area contributed by atoms with E-state index in [0.29, 0.717) is 29.6 Å². The Morgan fingerprint density at radius 1 is 1.24 bits per heavy atom. The monoisotopic (exact) mass is 446 g/mol. The average molecular weight is 447 g/mol. The highest BCUT2D eigenvalue weighted by molar-refractivity contribution is 6.00. The Hall–Kier alpha value is -3.94. The molecule has 0 saturated heterocycles. The molecule has 1 aromatic carbocycles. The van der Waals surface area contributed by atoms with E-state index >= 15 is 0 Å². The Kier molecular flexibility index (Phi) is 6.00. The molecular formula is C25H28N5O3+. The molecule has 3 heterocycles. The first-order valence-corrected chi connectivity index (χ1v) is 10.9. The highest BCUT2D eigenvalue weighted by Gasteiger charge is 2.25. The number of aryl methyl sites for hydroxylation is 3. The fraction of sp³-hybridized carbons (Fsp3) is 0.280. The highest BCUT2D eigenvalue weighted by Crippen LogP contribution is 2.17. The van der Waals surface area contributed by atoms with Crippen molar-refractivity contribution >= 4 is 28.4 Å². The summed E-state index contributed by atoms with van der Waals surface area (Å²) in [6, 6.07) is 13.0. The standard InChI is InChI=1S/C25H27N5O3/c1-15(2)27-24(31)19-14-20-23(28-22-16(3)6-5-12-30(22)25(20)32)29(21(19)26)13-11-17-7-9-18(33-4)10-8-17/h5-10,12,14-15,26H,11,13H2,1-4H3,(H,27,31)/p+1. The molecular weight excluding hydrogens is 418 g/mol. The number of nitrogens with two attached hydrogens (primary N) is 1. The van der Waals surface area contributed by atoms with Crippen LogP contribution in [-0.2, 0) is 13.0 Å². The molecule has 4 aromatic rings. The quantitative estimate of drug-likeness (QED) is 0.350. The number of hydrogen-bond acceptors (Lipinski definition) is 5. The van der Waals surface area contributed by atoms with Crippen molar-refractivity contribution in [1.29, 1.82) is 0 Å². The molecule has 0 saturated carbocycles. The number of anilines is 1. The third-order valence-electron chi connectivity index (χ3n) is 5.62. The molecule has 4 rings (SSSR count). The highest BCUT2D eigenvalue weighted by atomic mass is 16.5. The van der Waals surface area contributed by atoms with Crippen LogP contribution in [-0.4, -0.2) is 28.4 Å². The molecule has 0 atom stereocenters. The van der Waals surface area contributed by atoms with Crippen molar-refractivity contribution in [2.24, 2.45) is 0 Å². The van der Waals surface area contributed by atoms with Crippen molar-refractivity contribution in [3.8, 4) is 5.75 Å². The van der Waals surface area contributed by atoms with Gasteiger partial charge in [-0.15, -0.1) is 0 Å². The number of pyridine rings is 2. The second-order valence-corrected chi connectivity index (χ2v) is 8.36. The Bertz CT molecular complexity index is 1410. The normalized spacial score (nSPS) is 11.3. The van der Waals surface area contributed by atoms with E-state index in [1.165, 1.54) is 4.40 Å². The van der Waals surface area contributed by atoms with Crippen LogP contribution in [0.25, 0.3) is 16.7 Å². The van der Waals surface area contributed by atoms with E-state index in [4.69, 9.17) is 15.5 Å². The van der Waals surface area contributed by atoms with Crippen LogP contribution in [0.3, 0.4) is 0 Å². The molecule has 0 aliphatic heterocycles. The molecule has 0 bridgehead atoms. The number of nitrogens with zero attached hydrogens (tertiary/aromatic N) is 3. The Labute approximate surface area is 191 Å². The van der Waals surface area contributed by atoms with E-state index in [1.807, 2.05) is 51.1 Å². The molecule has 3 aromatic heterocycles. The summed E-state index contributed by atoms with van der Waals surface area (Å²) in [5, 5.41) is 3.21. The number of rotatable bonds is 6. The summed E-state index contributed by atoms with van der Waals surface area (Å²) in [6.45, 7) is 6.11. The maximum Gasteiger partial charge on any atom is 0.278 e. The molecule has 8 nitrogen and oxygen atoms in total. The molecule has 1 amide bonds. The number of hydrogen-bond donors (Lipinski definition) is 2. The molecule has 0 aliphatic carbocycles. The summed E-state index contributed by atoms with van der Waals surface area (Å²) < 4.78 is 8.50. The van der Waals surface area contributed by atoms with Crippen molar-refractivity contribution in [3.63, 3.8) is 0 Å². The van der Waals surface area contributed by atoms with Crippen molar-refractivity contribution in [3.05, 3.63) is 75.7 Å². The maximum absolute atomic E-state index is 13.4. The average Bonchev–Trinajstić information content (AvgIpc) is 2.79. The lowest BCUT2D eigenvalue weighted by Gasteiger charge is -2.14. The summed E-state index contributed by atoms with van der Waals surface area (Å²) in [5.41, 5.74) is 9.49. The number of carbonyl (C=O) groups is 1. The second kappa shape index (κ2) is 8.90. The van der Waals surface area contributed by atoms with Gasteiger partial charge in [0.25, 0.3) is 17.1 Å². The van der Waals surface area contributed by atoms with Gasteiger partial charge in [0.05, 0.1) is 13.7 Å². The summed E-state index contributed by atoms with van der Waals surface area (Å²) in [6.07, 6.45) is 2.32. The van der Waals surface area contributed by atoms with Crippen LogP contribution in [0.15, 0.2) is 53.5 Å². The minimum atomic E-state index is -0.323. The van der Waals surface area contributed by atoms with Gasteiger partial charge in [0.2, 0.25) is 11.5 Å². The van der Waals surface area contributed by atoms with Crippen LogP contribution >= 0.6 is 0 Å².